The fourth-order valence-corrected chi connectivity index (χ4v) is 2.61. The summed E-state index contributed by atoms with van der Waals surface area (Å²) in [5.74, 6) is 0.242. The first-order chi connectivity index (χ1) is 10.3. The van der Waals surface area contributed by atoms with Crippen LogP contribution in [0.5, 0.6) is 5.75 Å². The number of aromatic hydroxyl groups is 1. The Morgan fingerprint density at radius 1 is 0.714 bits per heavy atom. The highest BCUT2D eigenvalue weighted by Crippen LogP contribution is 2.40. The third kappa shape index (κ3) is 2.93. The molecule has 0 bridgehead atoms. The van der Waals surface area contributed by atoms with Crippen molar-refractivity contribution in [1.82, 2.24) is 0 Å². The largest absolute Gasteiger partial charge is 0.506 e. The number of halogens is 1. The summed E-state index contributed by atoms with van der Waals surface area (Å²) in [4.78, 5) is 2.03. The number of phenolic OH excluding ortho intramolecular Hbond substituents is 1. The van der Waals surface area contributed by atoms with E-state index in [1.165, 1.54) is 0 Å². The van der Waals surface area contributed by atoms with Gasteiger partial charge in [-0.3, -0.25) is 0 Å². The Morgan fingerprint density at radius 2 is 1.24 bits per heavy atom. The summed E-state index contributed by atoms with van der Waals surface area (Å²) in [5, 5.41) is 10.3. The number of rotatable bonds is 3. The van der Waals surface area contributed by atoms with Crippen molar-refractivity contribution in [3.63, 3.8) is 0 Å². The van der Waals surface area contributed by atoms with Crippen molar-refractivity contribution in [3.8, 4) is 5.75 Å². The van der Waals surface area contributed by atoms with E-state index < -0.39 is 0 Å². The normalized spacial score (nSPS) is 10.3. The molecule has 0 atom stereocenters. The van der Waals surface area contributed by atoms with Gasteiger partial charge in [-0.05, 0) is 42.5 Å². The number of para-hydroxylation sites is 2. The molecule has 104 valence electrons. The highest BCUT2D eigenvalue weighted by atomic mass is 79.9. The molecule has 0 saturated carbocycles. The molecular weight excluding hydrogens is 326 g/mol. The van der Waals surface area contributed by atoms with Crippen LogP contribution in [0.2, 0.25) is 0 Å². The van der Waals surface area contributed by atoms with Crippen molar-refractivity contribution in [2.75, 3.05) is 4.90 Å². The molecule has 3 aromatic carbocycles. The second-order valence-electron chi connectivity index (χ2n) is 4.64. The average Bonchev–Trinajstić information content (AvgIpc) is 2.53. The van der Waals surface area contributed by atoms with Crippen molar-refractivity contribution in [2.24, 2.45) is 0 Å². The Morgan fingerprint density at radius 3 is 1.76 bits per heavy atom. The number of nitrogens with zero attached hydrogens (tertiary/aromatic N) is 1. The number of hydrogen-bond donors (Lipinski definition) is 1. The third-order valence-electron chi connectivity index (χ3n) is 3.21. The van der Waals surface area contributed by atoms with Gasteiger partial charge in [0.05, 0.1) is 5.69 Å². The van der Waals surface area contributed by atoms with Gasteiger partial charge in [0.1, 0.15) is 5.75 Å². The van der Waals surface area contributed by atoms with E-state index in [9.17, 15) is 5.11 Å². The zero-order valence-corrected chi connectivity index (χ0v) is 12.9. The van der Waals surface area contributed by atoms with E-state index in [1.54, 1.807) is 6.07 Å². The summed E-state index contributed by atoms with van der Waals surface area (Å²) in [7, 11) is 0. The maximum Gasteiger partial charge on any atom is 0.139 e. The van der Waals surface area contributed by atoms with E-state index in [1.807, 2.05) is 77.7 Å². The second kappa shape index (κ2) is 6.02. The van der Waals surface area contributed by atoms with Crippen LogP contribution in [-0.2, 0) is 0 Å². The van der Waals surface area contributed by atoms with Crippen LogP contribution < -0.4 is 4.90 Å². The first kappa shape index (κ1) is 13.7. The van der Waals surface area contributed by atoms with E-state index in [0.29, 0.717) is 0 Å². The topological polar surface area (TPSA) is 23.5 Å². The van der Waals surface area contributed by atoms with E-state index in [2.05, 4.69) is 15.9 Å². The van der Waals surface area contributed by atoms with Crippen LogP contribution in [0.1, 0.15) is 0 Å². The van der Waals surface area contributed by atoms with Crippen molar-refractivity contribution in [3.05, 3.63) is 83.3 Å². The quantitative estimate of drug-likeness (QED) is 0.668. The number of benzene rings is 3. The van der Waals surface area contributed by atoms with Gasteiger partial charge in [-0.25, -0.2) is 0 Å². The van der Waals surface area contributed by atoms with Gasteiger partial charge in [-0.2, -0.15) is 0 Å². The molecule has 0 radical (unpaired) electrons. The molecule has 0 aliphatic heterocycles. The molecule has 0 aromatic heterocycles. The van der Waals surface area contributed by atoms with Gasteiger partial charge < -0.3 is 10.0 Å². The van der Waals surface area contributed by atoms with Crippen LogP contribution in [0.25, 0.3) is 0 Å². The number of phenols is 1. The van der Waals surface area contributed by atoms with Gasteiger partial charge in [0, 0.05) is 15.8 Å². The van der Waals surface area contributed by atoms with Crippen LogP contribution in [0.15, 0.2) is 83.3 Å². The van der Waals surface area contributed by atoms with Crippen LogP contribution in [0, 0.1) is 0 Å². The highest BCUT2D eigenvalue weighted by molar-refractivity contribution is 9.10. The number of anilines is 3. The Bertz CT molecular complexity index is 689. The summed E-state index contributed by atoms with van der Waals surface area (Å²) >= 11 is 3.47. The predicted molar refractivity (Wildman–Crippen MR) is 90.5 cm³/mol. The van der Waals surface area contributed by atoms with Crippen LogP contribution in [0.3, 0.4) is 0 Å². The molecular formula is C18H14BrNO. The summed E-state index contributed by atoms with van der Waals surface area (Å²) < 4.78 is 0.923. The standard InChI is InChI=1S/C18H14BrNO/c19-14-11-12-18(21)17(13-14)20(15-7-3-1-4-8-15)16-9-5-2-6-10-16/h1-13,21H. The van der Waals surface area contributed by atoms with Gasteiger partial charge in [0.2, 0.25) is 0 Å². The molecule has 3 heteroatoms. The molecule has 0 aliphatic carbocycles. The van der Waals surface area contributed by atoms with Crippen LogP contribution in [-0.4, -0.2) is 5.11 Å². The minimum Gasteiger partial charge on any atom is -0.506 e. The first-order valence-electron chi connectivity index (χ1n) is 6.64. The first-order valence-corrected chi connectivity index (χ1v) is 7.44. The highest BCUT2D eigenvalue weighted by Gasteiger charge is 2.15. The minimum atomic E-state index is 0.242. The molecule has 0 saturated heterocycles. The zero-order chi connectivity index (χ0) is 14.7. The van der Waals surface area contributed by atoms with Crippen molar-refractivity contribution in [1.29, 1.82) is 0 Å². The third-order valence-corrected chi connectivity index (χ3v) is 3.70. The van der Waals surface area contributed by atoms with Crippen LogP contribution in [0.4, 0.5) is 17.1 Å². The molecule has 2 nitrogen and oxygen atoms in total. The Kier molecular flexibility index (Phi) is 3.93. The molecule has 3 aromatic rings. The SMILES string of the molecule is Oc1ccc(Br)cc1N(c1ccccc1)c1ccccc1. The number of hydrogen-bond acceptors (Lipinski definition) is 2. The molecule has 1 N–H and O–H groups in total. The van der Waals surface area contributed by atoms with Gasteiger partial charge in [-0.15, -0.1) is 0 Å². The maximum atomic E-state index is 10.3. The fraction of sp³-hybridized carbons (Fsp3) is 0. The van der Waals surface area contributed by atoms with Crippen molar-refractivity contribution < 1.29 is 5.11 Å². The fourth-order valence-electron chi connectivity index (χ4n) is 2.26. The van der Waals surface area contributed by atoms with E-state index in [4.69, 9.17) is 0 Å². The lowest BCUT2D eigenvalue weighted by atomic mass is 10.2. The summed E-state index contributed by atoms with van der Waals surface area (Å²) in [6.45, 7) is 0. The second-order valence-corrected chi connectivity index (χ2v) is 5.56. The Labute approximate surface area is 132 Å². The molecule has 21 heavy (non-hydrogen) atoms. The molecule has 0 amide bonds. The summed E-state index contributed by atoms with van der Waals surface area (Å²) in [6, 6.07) is 25.4. The van der Waals surface area contributed by atoms with Crippen molar-refractivity contribution in [2.45, 2.75) is 0 Å². The lowest BCUT2D eigenvalue weighted by Crippen LogP contribution is -2.09. The smallest absolute Gasteiger partial charge is 0.139 e. The molecule has 0 aliphatic rings. The van der Waals surface area contributed by atoms with Gasteiger partial charge in [0.25, 0.3) is 0 Å². The summed E-state index contributed by atoms with van der Waals surface area (Å²) in [6.07, 6.45) is 0. The molecule has 3 rings (SSSR count). The molecule has 0 unspecified atom stereocenters. The summed E-state index contributed by atoms with van der Waals surface area (Å²) in [5.41, 5.74) is 2.73. The van der Waals surface area contributed by atoms with Gasteiger partial charge in [0.15, 0.2) is 0 Å². The van der Waals surface area contributed by atoms with Crippen molar-refractivity contribution >= 4 is 33.0 Å². The maximum absolute atomic E-state index is 10.3. The molecule has 0 spiro atoms. The average molecular weight is 340 g/mol. The Hall–Kier alpha value is -2.26. The zero-order valence-electron chi connectivity index (χ0n) is 11.3. The lowest BCUT2D eigenvalue weighted by molar-refractivity contribution is 0.476. The molecule has 0 fully saturated rings. The van der Waals surface area contributed by atoms with E-state index in [0.717, 1.165) is 21.5 Å². The Balaban J connectivity index is 2.20. The van der Waals surface area contributed by atoms with E-state index in [-0.39, 0.29) is 5.75 Å². The lowest BCUT2D eigenvalue weighted by Gasteiger charge is -2.26. The van der Waals surface area contributed by atoms with Crippen LogP contribution >= 0.6 is 15.9 Å². The monoisotopic (exact) mass is 339 g/mol. The predicted octanol–water partition coefficient (Wildman–Crippen LogP) is 5.62. The van der Waals surface area contributed by atoms with Gasteiger partial charge in [-0.1, -0.05) is 52.3 Å². The van der Waals surface area contributed by atoms with E-state index >= 15 is 0 Å². The van der Waals surface area contributed by atoms with Gasteiger partial charge >= 0.3 is 0 Å². The minimum absolute atomic E-state index is 0.242. The molecule has 0 heterocycles.